The number of benzene rings is 1. The van der Waals surface area contributed by atoms with Crippen molar-refractivity contribution >= 4 is 29.9 Å². The van der Waals surface area contributed by atoms with Gasteiger partial charge in [0.2, 0.25) is 11.8 Å². The van der Waals surface area contributed by atoms with Gasteiger partial charge in [-0.25, -0.2) is 4.39 Å². The molecule has 1 aromatic carbocycles. The second-order valence-electron chi connectivity index (χ2n) is 4.05. The molecule has 19 heavy (non-hydrogen) atoms. The molecule has 2 amide bonds. The summed E-state index contributed by atoms with van der Waals surface area (Å²) in [5.41, 5.74) is 6.65. The van der Waals surface area contributed by atoms with Crippen LogP contribution in [0.4, 0.5) is 10.1 Å². The van der Waals surface area contributed by atoms with Gasteiger partial charge in [0, 0.05) is 12.2 Å². The van der Waals surface area contributed by atoms with Crippen molar-refractivity contribution in [2.45, 2.75) is 6.42 Å². The number of halogens is 2. The van der Waals surface area contributed by atoms with E-state index in [0.717, 1.165) is 5.56 Å². The van der Waals surface area contributed by atoms with Gasteiger partial charge in [-0.1, -0.05) is 6.07 Å². The molecule has 0 spiro atoms. The van der Waals surface area contributed by atoms with Crippen LogP contribution in [-0.2, 0) is 16.0 Å². The van der Waals surface area contributed by atoms with Crippen molar-refractivity contribution in [2.24, 2.45) is 5.73 Å². The first-order valence-corrected chi connectivity index (χ1v) is 5.67. The maximum absolute atomic E-state index is 13.1. The summed E-state index contributed by atoms with van der Waals surface area (Å²) in [7, 11) is 0. The zero-order valence-electron chi connectivity index (χ0n) is 10.2. The van der Waals surface area contributed by atoms with Crippen LogP contribution in [-0.4, -0.2) is 31.4 Å². The lowest BCUT2D eigenvalue weighted by atomic mass is 10.2. The van der Waals surface area contributed by atoms with E-state index >= 15 is 0 Å². The zero-order chi connectivity index (χ0) is 13.1. The van der Waals surface area contributed by atoms with E-state index in [-0.39, 0.29) is 43.1 Å². The highest BCUT2D eigenvalue weighted by molar-refractivity contribution is 5.98. The Morgan fingerprint density at radius 3 is 2.84 bits per heavy atom. The Hall–Kier alpha value is -1.66. The number of carbonyl (C=O) groups excluding carboxylic acids is 2. The number of fused-ring (bicyclic) bond motifs is 1. The molecule has 104 valence electrons. The van der Waals surface area contributed by atoms with Crippen LogP contribution in [0, 0.1) is 5.82 Å². The molecule has 0 unspecified atom stereocenters. The van der Waals surface area contributed by atoms with Crippen LogP contribution in [0.3, 0.4) is 0 Å². The van der Waals surface area contributed by atoms with Crippen LogP contribution < -0.4 is 16.0 Å². The van der Waals surface area contributed by atoms with Gasteiger partial charge in [-0.05, 0) is 24.1 Å². The fourth-order valence-corrected chi connectivity index (χ4v) is 1.95. The minimum Gasteiger partial charge on any atom is -0.346 e. The van der Waals surface area contributed by atoms with Gasteiger partial charge in [0.1, 0.15) is 5.82 Å². The number of hydrogen-bond acceptors (Lipinski definition) is 3. The van der Waals surface area contributed by atoms with E-state index in [9.17, 15) is 14.0 Å². The molecule has 5 nitrogen and oxygen atoms in total. The van der Waals surface area contributed by atoms with Crippen molar-refractivity contribution in [1.29, 1.82) is 0 Å². The summed E-state index contributed by atoms with van der Waals surface area (Å²) in [6.07, 6.45) is 0.701. The van der Waals surface area contributed by atoms with Gasteiger partial charge in [-0.15, -0.1) is 12.4 Å². The van der Waals surface area contributed by atoms with E-state index in [4.69, 9.17) is 5.73 Å². The third-order valence-electron chi connectivity index (χ3n) is 2.87. The largest absolute Gasteiger partial charge is 0.346 e. The van der Waals surface area contributed by atoms with E-state index in [0.29, 0.717) is 18.7 Å². The van der Waals surface area contributed by atoms with Crippen molar-refractivity contribution in [3.8, 4) is 0 Å². The number of amides is 2. The van der Waals surface area contributed by atoms with E-state index < -0.39 is 0 Å². The standard InChI is InChI=1S/C12H14FN3O2.ClH/c13-9-2-1-8-3-4-16(10(8)5-9)12(18)7-15-11(17)6-14;/h1-2,5H,3-4,6-7,14H2,(H,15,17);1H. The highest BCUT2D eigenvalue weighted by atomic mass is 35.5. The molecule has 3 N–H and O–H groups in total. The molecule has 0 aliphatic carbocycles. The number of hydrogen-bond donors (Lipinski definition) is 2. The summed E-state index contributed by atoms with van der Waals surface area (Å²) in [5, 5.41) is 2.41. The van der Waals surface area contributed by atoms with Crippen molar-refractivity contribution < 1.29 is 14.0 Å². The molecule has 0 atom stereocenters. The molecule has 1 aliphatic heterocycles. The number of rotatable bonds is 3. The third kappa shape index (κ3) is 3.42. The lowest BCUT2D eigenvalue weighted by Gasteiger charge is -2.17. The third-order valence-corrected chi connectivity index (χ3v) is 2.87. The Morgan fingerprint density at radius 1 is 1.42 bits per heavy atom. The van der Waals surface area contributed by atoms with Gasteiger partial charge in [-0.3, -0.25) is 9.59 Å². The molecule has 1 aliphatic rings. The van der Waals surface area contributed by atoms with Crippen LogP contribution in [0.5, 0.6) is 0 Å². The second kappa shape index (κ2) is 6.49. The molecule has 0 saturated carbocycles. The first-order chi connectivity index (χ1) is 8.61. The molecule has 0 bridgehead atoms. The van der Waals surface area contributed by atoms with Gasteiger partial charge in [-0.2, -0.15) is 0 Å². The quantitative estimate of drug-likeness (QED) is 0.835. The minimum atomic E-state index is -0.387. The SMILES string of the molecule is Cl.NCC(=O)NCC(=O)N1CCc2ccc(F)cc21. The van der Waals surface area contributed by atoms with Crippen molar-refractivity contribution in [3.63, 3.8) is 0 Å². The first-order valence-electron chi connectivity index (χ1n) is 5.67. The molecular weight excluding hydrogens is 273 g/mol. The number of carbonyl (C=O) groups is 2. The van der Waals surface area contributed by atoms with Gasteiger partial charge >= 0.3 is 0 Å². The average Bonchev–Trinajstić information content (AvgIpc) is 2.78. The average molecular weight is 288 g/mol. The Kier molecular flexibility index (Phi) is 5.26. The lowest BCUT2D eigenvalue weighted by molar-refractivity contribution is -0.124. The van der Waals surface area contributed by atoms with Gasteiger partial charge in [0.15, 0.2) is 0 Å². The molecule has 1 aromatic rings. The number of nitrogens with two attached hydrogens (primary N) is 1. The summed E-state index contributed by atoms with van der Waals surface area (Å²) in [5.74, 6) is -1.03. The minimum absolute atomic E-state index is 0. The highest BCUT2D eigenvalue weighted by Gasteiger charge is 2.24. The maximum atomic E-state index is 13.1. The molecule has 0 fully saturated rings. The van der Waals surface area contributed by atoms with Crippen molar-refractivity contribution in [3.05, 3.63) is 29.6 Å². The molecular formula is C12H15ClFN3O2. The van der Waals surface area contributed by atoms with E-state index in [1.807, 2.05) is 0 Å². The summed E-state index contributed by atoms with van der Waals surface area (Å²) in [6, 6.07) is 4.39. The molecule has 2 rings (SSSR count). The molecule has 1 heterocycles. The monoisotopic (exact) mass is 287 g/mol. The molecule has 0 saturated heterocycles. The fraction of sp³-hybridized carbons (Fsp3) is 0.333. The second-order valence-corrected chi connectivity index (χ2v) is 4.05. The van der Waals surface area contributed by atoms with Crippen LogP contribution in [0.1, 0.15) is 5.56 Å². The van der Waals surface area contributed by atoms with Gasteiger partial charge < -0.3 is 16.0 Å². The summed E-state index contributed by atoms with van der Waals surface area (Å²) < 4.78 is 13.1. The summed E-state index contributed by atoms with van der Waals surface area (Å²) in [6.45, 7) is 0.237. The van der Waals surface area contributed by atoms with Crippen molar-refractivity contribution in [2.75, 3.05) is 24.5 Å². The normalized spacial score (nSPS) is 12.6. The first kappa shape index (κ1) is 15.4. The summed E-state index contributed by atoms with van der Waals surface area (Å²) >= 11 is 0. The van der Waals surface area contributed by atoms with E-state index in [1.54, 1.807) is 6.07 Å². The Bertz CT molecular complexity index is 496. The summed E-state index contributed by atoms with van der Waals surface area (Å²) in [4.78, 5) is 24.3. The van der Waals surface area contributed by atoms with Gasteiger partial charge in [0.25, 0.3) is 0 Å². The maximum Gasteiger partial charge on any atom is 0.246 e. The highest BCUT2D eigenvalue weighted by Crippen LogP contribution is 2.28. The van der Waals surface area contributed by atoms with Crippen molar-refractivity contribution in [1.82, 2.24) is 5.32 Å². The predicted molar refractivity (Wildman–Crippen MR) is 71.8 cm³/mol. The number of nitrogens with zero attached hydrogens (tertiary/aromatic N) is 1. The molecule has 7 heteroatoms. The van der Waals surface area contributed by atoms with Crippen LogP contribution in [0.25, 0.3) is 0 Å². The molecule has 0 aromatic heterocycles. The smallest absolute Gasteiger partial charge is 0.246 e. The Morgan fingerprint density at radius 2 is 2.16 bits per heavy atom. The Balaban J connectivity index is 0.00000180. The van der Waals surface area contributed by atoms with Crippen LogP contribution in [0.15, 0.2) is 18.2 Å². The Labute approximate surface area is 116 Å². The van der Waals surface area contributed by atoms with E-state index in [1.165, 1.54) is 17.0 Å². The van der Waals surface area contributed by atoms with Crippen LogP contribution >= 0.6 is 12.4 Å². The lowest BCUT2D eigenvalue weighted by Crippen LogP contribution is -2.41. The predicted octanol–water partition coefficient (Wildman–Crippen LogP) is 0.211. The van der Waals surface area contributed by atoms with Crippen LogP contribution in [0.2, 0.25) is 0 Å². The molecule has 0 radical (unpaired) electrons. The fourth-order valence-electron chi connectivity index (χ4n) is 1.95. The number of nitrogens with one attached hydrogen (secondary N) is 1. The topological polar surface area (TPSA) is 75.4 Å². The van der Waals surface area contributed by atoms with E-state index in [2.05, 4.69) is 5.32 Å². The van der Waals surface area contributed by atoms with Gasteiger partial charge in [0.05, 0.1) is 13.1 Å². The zero-order valence-corrected chi connectivity index (χ0v) is 11.0. The number of anilines is 1.